The predicted molar refractivity (Wildman–Crippen MR) is 125 cm³/mol. The van der Waals surface area contributed by atoms with Gasteiger partial charge < -0.3 is 24.8 Å². The Balaban J connectivity index is 2.29. The number of alkyl halides is 1. The fraction of sp³-hybridized carbons (Fsp3) is 0.417. The Bertz CT molecular complexity index is 920. The summed E-state index contributed by atoms with van der Waals surface area (Å²) in [5.41, 5.74) is 7.33. The molecular formula is C24H31ClN2O5. The summed E-state index contributed by atoms with van der Waals surface area (Å²) in [7, 11) is 0. The Hall–Kier alpha value is -2.77. The summed E-state index contributed by atoms with van der Waals surface area (Å²) in [6.07, 6.45) is 0. The van der Waals surface area contributed by atoms with Crippen LogP contribution in [-0.4, -0.2) is 43.1 Å². The van der Waals surface area contributed by atoms with Crippen molar-refractivity contribution in [2.75, 3.05) is 26.4 Å². The average Bonchev–Trinajstić information content (AvgIpc) is 2.76. The molecule has 2 aromatic rings. The van der Waals surface area contributed by atoms with Crippen molar-refractivity contribution < 1.29 is 23.8 Å². The van der Waals surface area contributed by atoms with Crippen LogP contribution in [0, 0.1) is 6.92 Å². The average molecular weight is 463 g/mol. The maximum absolute atomic E-state index is 12.3. The van der Waals surface area contributed by atoms with Gasteiger partial charge in [-0.25, -0.2) is 4.79 Å². The largest absolute Gasteiger partial charge is 0.493 e. The molecule has 1 unspecified atom stereocenters. The minimum Gasteiger partial charge on any atom is -0.493 e. The van der Waals surface area contributed by atoms with Crippen molar-refractivity contribution in [2.45, 2.75) is 39.8 Å². The van der Waals surface area contributed by atoms with E-state index in [0.717, 1.165) is 5.56 Å². The van der Waals surface area contributed by atoms with Gasteiger partial charge in [0.15, 0.2) is 5.78 Å². The van der Waals surface area contributed by atoms with E-state index in [-0.39, 0.29) is 18.9 Å². The van der Waals surface area contributed by atoms with E-state index in [1.54, 1.807) is 13.0 Å². The van der Waals surface area contributed by atoms with Crippen LogP contribution in [0.5, 0.6) is 11.5 Å². The summed E-state index contributed by atoms with van der Waals surface area (Å²) in [5, 5.41) is 0. The first-order chi connectivity index (χ1) is 15.3. The molecule has 2 aromatic carbocycles. The third-order valence-corrected chi connectivity index (χ3v) is 5.35. The van der Waals surface area contributed by atoms with Gasteiger partial charge in [0.05, 0.1) is 26.4 Å². The molecule has 0 spiro atoms. The summed E-state index contributed by atoms with van der Waals surface area (Å²) >= 11 is 6.72. The second-order valence-corrected chi connectivity index (χ2v) is 7.53. The standard InChI is InChI=1S/C24H31ClN2O5/c1-5-31-20-14-19(16(3)22(32-6-2)21(20)17(4)28)23(25)27(24(26)29)12-13-30-15-18-10-8-7-9-11-18/h7-11,14,23H,5-6,12-13,15H2,1-4H3,(H2,26,29). The van der Waals surface area contributed by atoms with Gasteiger partial charge in [-0.05, 0) is 44.9 Å². The second kappa shape index (κ2) is 12.3. The summed E-state index contributed by atoms with van der Waals surface area (Å²) in [6.45, 7) is 8.47. The smallest absolute Gasteiger partial charge is 0.316 e. The molecule has 2 amide bonds. The van der Waals surface area contributed by atoms with Gasteiger partial charge in [0.2, 0.25) is 0 Å². The molecule has 0 radical (unpaired) electrons. The number of primary amides is 1. The Morgan fingerprint density at radius 1 is 1.12 bits per heavy atom. The summed E-state index contributed by atoms with van der Waals surface area (Å²) in [5.74, 6) is 0.578. The number of hydrogen-bond acceptors (Lipinski definition) is 5. The number of Topliss-reactive ketones (excluding diaryl/α,β-unsaturated/α-hetero) is 1. The van der Waals surface area contributed by atoms with Crippen molar-refractivity contribution in [1.82, 2.24) is 4.90 Å². The zero-order valence-electron chi connectivity index (χ0n) is 19.0. The van der Waals surface area contributed by atoms with E-state index in [0.29, 0.717) is 48.0 Å². The fourth-order valence-electron chi connectivity index (χ4n) is 3.36. The lowest BCUT2D eigenvalue weighted by molar-refractivity contribution is 0.0971. The summed E-state index contributed by atoms with van der Waals surface area (Å²) in [6, 6.07) is 10.7. The number of carbonyl (C=O) groups excluding carboxylic acids is 2. The van der Waals surface area contributed by atoms with E-state index in [1.807, 2.05) is 44.2 Å². The number of benzene rings is 2. The van der Waals surface area contributed by atoms with E-state index < -0.39 is 11.5 Å². The lowest BCUT2D eigenvalue weighted by Gasteiger charge is -2.29. The highest BCUT2D eigenvalue weighted by Crippen LogP contribution is 2.40. The number of urea groups is 1. The van der Waals surface area contributed by atoms with Gasteiger partial charge in [-0.15, -0.1) is 0 Å². The quantitative estimate of drug-likeness (QED) is 0.211. The van der Waals surface area contributed by atoms with Crippen molar-refractivity contribution in [1.29, 1.82) is 0 Å². The van der Waals surface area contributed by atoms with E-state index in [4.69, 9.17) is 31.5 Å². The van der Waals surface area contributed by atoms with Gasteiger partial charge in [0.25, 0.3) is 0 Å². The predicted octanol–water partition coefficient (Wildman–Crippen LogP) is 4.83. The Morgan fingerprint density at radius 2 is 1.78 bits per heavy atom. The van der Waals surface area contributed by atoms with Crippen LogP contribution >= 0.6 is 11.6 Å². The van der Waals surface area contributed by atoms with Gasteiger partial charge in [-0.3, -0.25) is 4.79 Å². The van der Waals surface area contributed by atoms with Crippen LogP contribution in [0.15, 0.2) is 36.4 Å². The minimum absolute atomic E-state index is 0.182. The van der Waals surface area contributed by atoms with Crippen LogP contribution in [0.3, 0.4) is 0 Å². The highest BCUT2D eigenvalue weighted by Gasteiger charge is 2.28. The molecule has 7 nitrogen and oxygen atoms in total. The van der Waals surface area contributed by atoms with Gasteiger partial charge in [-0.2, -0.15) is 0 Å². The second-order valence-electron chi connectivity index (χ2n) is 7.12. The number of nitrogens with two attached hydrogens (primary N) is 1. The molecule has 2 N–H and O–H groups in total. The number of ether oxygens (including phenoxy) is 3. The van der Waals surface area contributed by atoms with E-state index in [1.165, 1.54) is 11.8 Å². The van der Waals surface area contributed by atoms with Crippen molar-refractivity contribution in [3.05, 3.63) is 58.7 Å². The number of amides is 2. The summed E-state index contributed by atoms with van der Waals surface area (Å²) < 4.78 is 17.2. The number of halogens is 1. The topological polar surface area (TPSA) is 91.1 Å². The van der Waals surface area contributed by atoms with E-state index in [2.05, 4.69) is 0 Å². The van der Waals surface area contributed by atoms with E-state index >= 15 is 0 Å². The number of nitrogens with zero attached hydrogens (tertiary/aromatic N) is 1. The molecule has 0 saturated carbocycles. The lowest BCUT2D eigenvalue weighted by atomic mass is 9.99. The van der Waals surface area contributed by atoms with Crippen molar-refractivity contribution in [3.8, 4) is 11.5 Å². The third-order valence-electron chi connectivity index (χ3n) is 4.88. The Labute approximate surface area is 194 Å². The molecule has 0 saturated heterocycles. The first kappa shape index (κ1) is 25.5. The SMILES string of the molecule is CCOc1cc(C(Cl)N(CCOCc2ccccc2)C(N)=O)c(C)c(OCC)c1C(C)=O. The monoisotopic (exact) mass is 462 g/mol. The molecule has 0 aliphatic heterocycles. The fourth-order valence-corrected chi connectivity index (χ4v) is 3.78. The number of ketones is 1. The molecule has 0 aliphatic carbocycles. The number of rotatable bonds is 12. The molecule has 0 heterocycles. The first-order valence-corrected chi connectivity index (χ1v) is 11.0. The van der Waals surface area contributed by atoms with Crippen LogP contribution in [0.25, 0.3) is 0 Å². The first-order valence-electron chi connectivity index (χ1n) is 10.6. The minimum atomic E-state index is -0.896. The highest BCUT2D eigenvalue weighted by molar-refractivity contribution is 6.21. The zero-order chi connectivity index (χ0) is 23.7. The number of carbonyl (C=O) groups is 2. The molecule has 0 aliphatic rings. The molecule has 32 heavy (non-hydrogen) atoms. The molecule has 174 valence electrons. The van der Waals surface area contributed by atoms with Gasteiger partial charge in [-0.1, -0.05) is 41.9 Å². The molecule has 0 aromatic heterocycles. The third kappa shape index (κ3) is 6.37. The molecule has 1 atom stereocenters. The van der Waals surface area contributed by atoms with Crippen LogP contribution in [0.1, 0.15) is 53.3 Å². The van der Waals surface area contributed by atoms with Crippen molar-refractivity contribution in [3.63, 3.8) is 0 Å². The molecular weight excluding hydrogens is 432 g/mol. The van der Waals surface area contributed by atoms with Crippen LogP contribution < -0.4 is 15.2 Å². The molecule has 0 fully saturated rings. The normalized spacial score (nSPS) is 11.7. The van der Waals surface area contributed by atoms with Crippen molar-refractivity contribution >= 4 is 23.4 Å². The highest BCUT2D eigenvalue weighted by atomic mass is 35.5. The Morgan fingerprint density at radius 3 is 2.34 bits per heavy atom. The zero-order valence-corrected chi connectivity index (χ0v) is 19.8. The lowest BCUT2D eigenvalue weighted by Crippen LogP contribution is -2.39. The van der Waals surface area contributed by atoms with Gasteiger partial charge in [0.1, 0.15) is 22.6 Å². The van der Waals surface area contributed by atoms with Crippen LogP contribution in [0.4, 0.5) is 4.79 Å². The van der Waals surface area contributed by atoms with Crippen molar-refractivity contribution in [2.24, 2.45) is 5.73 Å². The van der Waals surface area contributed by atoms with Crippen LogP contribution in [0.2, 0.25) is 0 Å². The molecule has 0 bridgehead atoms. The summed E-state index contributed by atoms with van der Waals surface area (Å²) in [4.78, 5) is 25.8. The molecule has 8 heteroatoms. The van der Waals surface area contributed by atoms with E-state index in [9.17, 15) is 9.59 Å². The maximum atomic E-state index is 12.3. The molecule has 2 rings (SSSR count). The van der Waals surface area contributed by atoms with Gasteiger partial charge >= 0.3 is 6.03 Å². The van der Waals surface area contributed by atoms with Crippen LogP contribution in [-0.2, 0) is 11.3 Å². The maximum Gasteiger partial charge on any atom is 0.316 e. The number of hydrogen-bond donors (Lipinski definition) is 1. The Kier molecular flexibility index (Phi) is 9.81. The van der Waals surface area contributed by atoms with Gasteiger partial charge in [0, 0.05) is 12.1 Å².